The fraction of sp³-hybridized carbons (Fsp3) is 0.455. The number of hydrogen-bond acceptors (Lipinski definition) is 15. The van der Waals surface area contributed by atoms with E-state index in [2.05, 4.69) is 222 Å². The maximum absolute atomic E-state index is 13.6. The fourth-order valence-corrected chi connectivity index (χ4v) is 25.9. The number of aromatic nitrogens is 10. The molecule has 8 aliphatic carbocycles. The van der Waals surface area contributed by atoms with Gasteiger partial charge < -0.3 is 26.6 Å². The predicted molar refractivity (Wildman–Crippen MR) is 520 cm³/mol. The number of hydrogen-bond donors (Lipinski definition) is 10. The summed E-state index contributed by atoms with van der Waals surface area (Å²) in [4.78, 5) is 66.8. The number of nitrogens with zero attached hydrogens (tertiary/aromatic N) is 5. The van der Waals surface area contributed by atoms with Gasteiger partial charge in [0.05, 0.1) is 27.1 Å². The zero-order chi connectivity index (χ0) is 95.8. The molecule has 10 N–H and O–H groups in total. The molecule has 704 valence electrons. The number of aryl methyl sites for hydroxylation is 2. The number of Topliss-reactive ketones (excluding diaryl/α,β-unsaturated/α-hetero) is 5. The number of allylic oxidation sites excluding steroid dienone is 10. The average Bonchev–Trinajstić information content (AvgIpc) is 1.47. The number of benzene rings is 5. The highest BCUT2D eigenvalue weighted by Crippen LogP contribution is 2.64. The molecule has 10 heterocycles. The number of ketones is 5. The van der Waals surface area contributed by atoms with Gasteiger partial charge in [0.15, 0.2) is 58.0 Å². The molecule has 10 aromatic rings. The van der Waals surface area contributed by atoms with Crippen LogP contribution >= 0.6 is 11.6 Å². The Kier molecular flexibility index (Phi) is 22.4. The molecule has 135 heavy (non-hydrogen) atoms. The van der Waals surface area contributed by atoms with Crippen LogP contribution in [0.5, 0.6) is 0 Å². The lowest BCUT2D eigenvalue weighted by atomic mass is 9.59. The number of rotatable bonds is 10. The lowest BCUT2D eigenvalue weighted by Crippen LogP contribution is -2.43. The Hall–Kier alpha value is -11.8. The summed E-state index contributed by atoms with van der Waals surface area (Å²) in [6.07, 6.45) is 10.0. The first-order chi connectivity index (χ1) is 63.8. The van der Waals surface area contributed by atoms with Gasteiger partial charge in [-0.05, 0) is 153 Å². The van der Waals surface area contributed by atoms with E-state index < -0.39 is 38.9 Å². The monoisotopic (exact) mass is 1850 g/mol. The first-order valence-electron chi connectivity index (χ1n) is 48.1. The van der Waals surface area contributed by atoms with Gasteiger partial charge in [-0.2, -0.15) is 25.5 Å². The average molecular weight is 1850 g/mol. The van der Waals surface area contributed by atoms with Crippen LogP contribution in [0.3, 0.4) is 0 Å². The number of halogens is 5. The molecule has 5 aromatic carbocycles. The zero-order valence-corrected chi connectivity index (χ0v) is 81.2. The Labute approximate surface area is 792 Å². The van der Waals surface area contributed by atoms with Gasteiger partial charge in [-0.1, -0.05) is 234 Å². The second-order valence-electron chi connectivity index (χ2n) is 44.9. The van der Waals surface area contributed by atoms with Gasteiger partial charge in [0.2, 0.25) is 11.8 Å². The Morgan fingerprint density at radius 1 is 0.311 bits per heavy atom. The lowest BCUT2D eigenvalue weighted by Gasteiger charge is -2.45. The third-order valence-corrected chi connectivity index (χ3v) is 31.7. The van der Waals surface area contributed by atoms with Crippen molar-refractivity contribution in [3.8, 4) is 0 Å². The van der Waals surface area contributed by atoms with Gasteiger partial charge in [-0.15, -0.1) is 0 Å². The van der Waals surface area contributed by atoms with Gasteiger partial charge in [0, 0.05) is 193 Å². The molecule has 13 aliphatic rings. The molecule has 5 atom stereocenters. The largest absolute Gasteiger partial charge is 0.342 e. The number of carbonyl (C=O) groups excluding carboxylic acids is 5. The summed E-state index contributed by atoms with van der Waals surface area (Å²) < 4.78 is 54.5. The molecule has 0 saturated heterocycles. The van der Waals surface area contributed by atoms with Crippen molar-refractivity contribution in [2.24, 2.45) is 27.1 Å². The first kappa shape index (κ1) is 92.3. The topological polar surface area (TPSA) is 289 Å². The van der Waals surface area contributed by atoms with Crippen LogP contribution in [0.4, 0.5) is 46.7 Å². The molecule has 20 nitrogen and oxygen atoms in total. The second kappa shape index (κ2) is 32.7. The highest BCUT2D eigenvalue weighted by Gasteiger charge is 2.60. The minimum atomic E-state index is -2.62. The molecule has 25 heteroatoms. The van der Waals surface area contributed by atoms with E-state index >= 15 is 0 Å². The van der Waals surface area contributed by atoms with E-state index in [9.17, 15) is 41.5 Å². The zero-order valence-electron chi connectivity index (χ0n) is 80.5. The fourth-order valence-electron chi connectivity index (χ4n) is 25.5. The first-order valence-corrected chi connectivity index (χ1v) is 48.5. The van der Waals surface area contributed by atoms with Crippen molar-refractivity contribution in [2.75, 3.05) is 26.6 Å². The third-order valence-electron chi connectivity index (χ3n) is 31.4. The molecule has 0 amide bonds. The molecule has 0 spiro atoms. The molecular weight excluding hydrogens is 1720 g/mol. The van der Waals surface area contributed by atoms with Crippen LogP contribution < -0.4 is 26.6 Å². The van der Waals surface area contributed by atoms with Gasteiger partial charge in [0.1, 0.15) is 0 Å². The van der Waals surface area contributed by atoms with Crippen LogP contribution in [-0.4, -0.2) is 91.7 Å². The van der Waals surface area contributed by atoms with Crippen molar-refractivity contribution in [1.29, 1.82) is 0 Å². The van der Waals surface area contributed by atoms with Crippen molar-refractivity contribution >= 4 is 69.6 Å². The molecule has 5 aliphatic heterocycles. The molecule has 3 saturated carbocycles. The quantitative estimate of drug-likeness (QED) is 0.0570. The smallest absolute Gasteiger partial charge is 0.249 e. The van der Waals surface area contributed by atoms with Crippen LogP contribution in [-0.2, 0) is 51.0 Å². The summed E-state index contributed by atoms with van der Waals surface area (Å²) in [5, 5.41) is 56.1. The van der Waals surface area contributed by atoms with E-state index in [4.69, 9.17) is 11.6 Å². The summed E-state index contributed by atoms with van der Waals surface area (Å²) in [6.45, 7) is 36.0. The summed E-state index contributed by atoms with van der Waals surface area (Å²) in [7, 11) is 0. The maximum Gasteiger partial charge on any atom is 0.249 e. The van der Waals surface area contributed by atoms with Crippen molar-refractivity contribution in [1.82, 2.24) is 51.0 Å². The summed E-state index contributed by atoms with van der Waals surface area (Å²) in [5.41, 5.74) is 20.9. The van der Waals surface area contributed by atoms with E-state index in [1.165, 1.54) is 24.0 Å². The molecule has 5 aromatic heterocycles. The van der Waals surface area contributed by atoms with E-state index in [-0.39, 0.29) is 93.5 Å². The molecular formula is C110H124ClF4N15O5. The second-order valence-corrected chi connectivity index (χ2v) is 45.3. The summed E-state index contributed by atoms with van der Waals surface area (Å²) >= 11 is 6.68. The van der Waals surface area contributed by atoms with Crippen molar-refractivity contribution in [3.05, 3.63) is 291 Å². The Bertz CT molecular complexity index is 6340. The van der Waals surface area contributed by atoms with E-state index in [0.29, 0.717) is 54.7 Å². The molecule has 3 fully saturated rings. The van der Waals surface area contributed by atoms with Crippen molar-refractivity contribution in [2.45, 2.75) is 290 Å². The van der Waals surface area contributed by atoms with E-state index in [1.54, 1.807) is 0 Å². The van der Waals surface area contributed by atoms with Crippen LogP contribution in [0.25, 0.3) is 0 Å². The molecule has 23 rings (SSSR count). The van der Waals surface area contributed by atoms with E-state index in [0.717, 1.165) is 192 Å². The SMILES string of the molecule is CC1(C)CC(=O)C2=C(C1)Nc1n[nH]c(C3CC(F)(F)C3)c1[C@@]2(C)c1ccccc1.CC1(C)CC(=O)C2=C(C1)Nc1n[nH]c(C3CC(F)(F)C3)c1[C@]2(C)c1ccccc1.CC1(C)CC(=O)C2=C(C1)Nc1n[nH]c(C3CC3)c1C2(C)c1ccccc1Cl.CC[C@@]1(c2ccccc2)C2=C(CC(C)(C)CC2=O)Nc2n[nH]c(C)c21.CC[C@]1(c2ccccc2)C2=C(CC(C)(C)CC2=O)Nc2n[nH]c(C)c21. The third kappa shape index (κ3) is 15.5. The van der Waals surface area contributed by atoms with Gasteiger partial charge >= 0.3 is 0 Å². The van der Waals surface area contributed by atoms with Gasteiger partial charge in [-0.25, -0.2) is 17.6 Å². The minimum Gasteiger partial charge on any atom is -0.342 e. The van der Waals surface area contributed by atoms with Crippen molar-refractivity contribution in [3.63, 3.8) is 0 Å². The van der Waals surface area contributed by atoms with Crippen LogP contribution in [0.1, 0.15) is 321 Å². The van der Waals surface area contributed by atoms with Crippen LogP contribution in [0, 0.1) is 40.9 Å². The number of nitrogens with one attached hydrogen (secondary N) is 10. The van der Waals surface area contributed by atoms with Crippen molar-refractivity contribution < 1.29 is 41.5 Å². The summed E-state index contributed by atoms with van der Waals surface area (Å²) in [5.74, 6) is -0.421. The predicted octanol–water partition coefficient (Wildman–Crippen LogP) is 24.9. The summed E-state index contributed by atoms with van der Waals surface area (Å²) in [6, 6.07) is 48.5. The molecule has 0 radical (unpaired) electrons. The number of H-pyrrole nitrogens is 5. The highest BCUT2D eigenvalue weighted by molar-refractivity contribution is 6.31. The number of alkyl halides is 4. The normalized spacial score (nSPS) is 26.3. The Morgan fingerprint density at radius 2 is 0.563 bits per heavy atom. The van der Waals surface area contributed by atoms with Gasteiger partial charge in [0.25, 0.3) is 0 Å². The van der Waals surface area contributed by atoms with Crippen LogP contribution in [0.2, 0.25) is 5.02 Å². The number of fused-ring (bicyclic) bond motifs is 5. The number of carbonyl (C=O) groups is 5. The Balaban J connectivity index is 0.000000109. The Morgan fingerprint density at radius 3 is 0.859 bits per heavy atom. The van der Waals surface area contributed by atoms with Gasteiger partial charge in [-0.3, -0.25) is 49.5 Å². The lowest BCUT2D eigenvalue weighted by molar-refractivity contribution is -0.119. The number of anilines is 5. The standard InChI is InChI=1S/2C23H25F2N3O.C22H24ClN3O.2C21H25N3O/c2*1-21(2)11-15-17(16(29)12-21)22(3,14-7-5-4-6-8-14)18-19(27-28-20(18)26-15)13-9-23(24,25)10-13;1-21(2)10-15-17(16(27)11-21)22(3,13-6-4-5-7-14(13)23)18-19(12-8-9-12)25-26-20(18)24-15;2*1-5-21(14-9-7-6-8-10-14)17-13(2)23-24-19(17)22-15-11-20(3,4)12-16(25)18(15)21/h2*4-8,13H,9-12H2,1-3H3,(H2,26,27,28);4-7,12H,8-11H2,1-3H3,(H2,24,25,26);2*6-10H,5,11-12H2,1-4H3,(H2,22,23,24)/t2*22-;;2*21-/m10.10/s1. The maximum atomic E-state index is 13.6. The number of aromatic amines is 5. The molecule has 0 bridgehead atoms. The molecule has 1 unspecified atom stereocenters. The minimum absolute atomic E-state index is 0.0259. The van der Waals surface area contributed by atoms with Crippen LogP contribution in [0.15, 0.2) is 202 Å². The van der Waals surface area contributed by atoms with E-state index in [1.807, 2.05) is 119 Å². The highest BCUT2D eigenvalue weighted by atomic mass is 35.5.